The van der Waals surface area contributed by atoms with E-state index < -0.39 is 0 Å². The van der Waals surface area contributed by atoms with E-state index in [4.69, 9.17) is 19.2 Å². The molecule has 0 aliphatic heterocycles. The lowest BCUT2D eigenvalue weighted by Gasteiger charge is -2.28. The number of hydrogen-bond acceptors (Lipinski definition) is 7. The average Bonchev–Trinajstić information content (AvgIpc) is 3.17. The number of pyridine rings is 1. The number of ether oxygens (including phenoxy) is 3. The van der Waals surface area contributed by atoms with Crippen molar-refractivity contribution in [3.63, 3.8) is 0 Å². The molecule has 1 saturated carbocycles. The zero-order chi connectivity index (χ0) is 22.9. The minimum absolute atomic E-state index is 0.0121. The number of hydrogen-bond donors (Lipinski definition) is 0. The van der Waals surface area contributed by atoms with Crippen LogP contribution in [0.1, 0.15) is 56.8 Å². The van der Waals surface area contributed by atoms with Crippen LogP contribution in [0.25, 0.3) is 17.5 Å². The Balaban J connectivity index is 1.68. The first-order valence-corrected chi connectivity index (χ1v) is 11.4. The van der Waals surface area contributed by atoms with Crippen molar-refractivity contribution in [1.29, 1.82) is 0 Å². The molecule has 1 aliphatic carbocycles. The minimum atomic E-state index is -0.150. The predicted octanol–water partition coefficient (Wildman–Crippen LogP) is 4.13. The Hall–Kier alpha value is -2.74. The SMILES string of the molecule is CCCCOCC=Cc1c(-c2ccc(O[C@H]3CCC[C@H](C(=O)OC)C3)c(C)n2)nnn1C. The molecule has 2 heterocycles. The third-order valence-corrected chi connectivity index (χ3v) is 5.74. The van der Waals surface area contributed by atoms with Gasteiger partial charge in [-0.3, -0.25) is 4.79 Å². The molecule has 1 aliphatic rings. The van der Waals surface area contributed by atoms with Gasteiger partial charge in [-0.05, 0) is 57.2 Å². The maximum absolute atomic E-state index is 11.9. The Morgan fingerprint density at radius 3 is 2.91 bits per heavy atom. The molecular formula is C24H34N4O4. The van der Waals surface area contributed by atoms with E-state index >= 15 is 0 Å². The van der Waals surface area contributed by atoms with Gasteiger partial charge >= 0.3 is 5.97 Å². The van der Waals surface area contributed by atoms with Crippen LogP contribution in [0.4, 0.5) is 0 Å². The molecule has 2 atom stereocenters. The summed E-state index contributed by atoms with van der Waals surface area (Å²) in [5, 5.41) is 8.47. The summed E-state index contributed by atoms with van der Waals surface area (Å²) in [7, 11) is 3.30. The lowest BCUT2D eigenvalue weighted by atomic mass is 9.87. The predicted molar refractivity (Wildman–Crippen MR) is 122 cm³/mol. The van der Waals surface area contributed by atoms with Gasteiger partial charge in [-0.2, -0.15) is 0 Å². The van der Waals surface area contributed by atoms with Crippen molar-refractivity contribution < 1.29 is 19.0 Å². The number of rotatable bonds is 10. The second kappa shape index (κ2) is 11.8. The Labute approximate surface area is 190 Å². The smallest absolute Gasteiger partial charge is 0.308 e. The molecule has 0 amide bonds. The number of methoxy groups -OCH3 is 1. The second-order valence-electron chi connectivity index (χ2n) is 8.18. The summed E-state index contributed by atoms with van der Waals surface area (Å²) in [5.74, 6) is 0.489. The van der Waals surface area contributed by atoms with Crippen LogP contribution in [0.3, 0.4) is 0 Å². The summed E-state index contributed by atoms with van der Waals surface area (Å²) in [6, 6.07) is 3.83. The van der Waals surface area contributed by atoms with Crippen LogP contribution in [0.2, 0.25) is 0 Å². The van der Waals surface area contributed by atoms with Crippen molar-refractivity contribution in [3.05, 3.63) is 29.6 Å². The first-order chi connectivity index (χ1) is 15.5. The number of aryl methyl sites for hydroxylation is 2. The van der Waals surface area contributed by atoms with E-state index in [0.29, 0.717) is 13.0 Å². The highest BCUT2D eigenvalue weighted by Gasteiger charge is 2.29. The van der Waals surface area contributed by atoms with Crippen LogP contribution in [0, 0.1) is 12.8 Å². The zero-order valence-corrected chi connectivity index (χ0v) is 19.5. The zero-order valence-electron chi connectivity index (χ0n) is 19.5. The first-order valence-electron chi connectivity index (χ1n) is 11.4. The van der Waals surface area contributed by atoms with Gasteiger partial charge in [0.2, 0.25) is 0 Å². The highest BCUT2D eigenvalue weighted by molar-refractivity contribution is 5.72. The number of esters is 1. The molecule has 0 radical (unpaired) electrons. The fourth-order valence-corrected chi connectivity index (χ4v) is 3.91. The van der Waals surface area contributed by atoms with Crippen LogP contribution in [-0.2, 0) is 21.3 Å². The summed E-state index contributed by atoms with van der Waals surface area (Å²) in [6.45, 7) is 5.39. The third kappa shape index (κ3) is 6.16. The van der Waals surface area contributed by atoms with Gasteiger partial charge in [0.25, 0.3) is 0 Å². The fourth-order valence-electron chi connectivity index (χ4n) is 3.91. The van der Waals surface area contributed by atoms with Crippen molar-refractivity contribution in [2.75, 3.05) is 20.3 Å². The van der Waals surface area contributed by atoms with E-state index in [1.807, 2.05) is 38.3 Å². The summed E-state index contributed by atoms with van der Waals surface area (Å²) >= 11 is 0. The Kier molecular flexibility index (Phi) is 8.79. The van der Waals surface area contributed by atoms with E-state index in [1.165, 1.54) is 7.11 Å². The molecular weight excluding hydrogens is 408 g/mol. The van der Waals surface area contributed by atoms with Gasteiger partial charge in [-0.15, -0.1) is 5.10 Å². The molecule has 32 heavy (non-hydrogen) atoms. The van der Waals surface area contributed by atoms with E-state index in [9.17, 15) is 4.79 Å². The Morgan fingerprint density at radius 2 is 2.16 bits per heavy atom. The van der Waals surface area contributed by atoms with Crippen LogP contribution in [-0.4, -0.2) is 52.4 Å². The van der Waals surface area contributed by atoms with E-state index in [1.54, 1.807) is 4.68 Å². The molecule has 0 spiro atoms. The lowest BCUT2D eigenvalue weighted by molar-refractivity contribution is -0.147. The monoisotopic (exact) mass is 442 g/mol. The van der Waals surface area contributed by atoms with E-state index in [2.05, 4.69) is 17.2 Å². The second-order valence-corrected chi connectivity index (χ2v) is 8.18. The third-order valence-electron chi connectivity index (χ3n) is 5.74. The molecule has 2 aromatic heterocycles. The van der Waals surface area contributed by atoms with Crippen molar-refractivity contribution in [2.24, 2.45) is 13.0 Å². The van der Waals surface area contributed by atoms with Crippen molar-refractivity contribution in [3.8, 4) is 17.1 Å². The highest BCUT2D eigenvalue weighted by Crippen LogP contribution is 2.31. The largest absolute Gasteiger partial charge is 0.489 e. The van der Waals surface area contributed by atoms with Crippen LogP contribution in [0.15, 0.2) is 18.2 Å². The highest BCUT2D eigenvalue weighted by atomic mass is 16.5. The van der Waals surface area contributed by atoms with Gasteiger partial charge in [0, 0.05) is 13.7 Å². The number of nitrogens with zero attached hydrogens (tertiary/aromatic N) is 4. The van der Waals surface area contributed by atoms with Crippen molar-refractivity contribution >= 4 is 12.0 Å². The maximum atomic E-state index is 11.9. The summed E-state index contributed by atoms with van der Waals surface area (Å²) < 4.78 is 18.4. The number of aromatic nitrogens is 4. The summed E-state index contributed by atoms with van der Waals surface area (Å²) in [4.78, 5) is 16.6. The van der Waals surface area contributed by atoms with E-state index in [0.717, 1.165) is 67.2 Å². The number of unbranched alkanes of at least 4 members (excludes halogenated alkanes) is 1. The molecule has 8 nitrogen and oxygen atoms in total. The molecule has 0 bridgehead atoms. The minimum Gasteiger partial charge on any atom is -0.489 e. The summed E-state index contributed by atoms with van der Waals surface area (Å²) in [5.41, 5.74) is 3.12. The molecule has 1 fully saturated rings. The maximum Gasteiger partial charge on any atom is 0.308 e. The summed E-state index contributed by atoms with van der Waals surface area (Å²) in [6.07, 6.45) is 9.52. The van der Waals surface area contributed by atoms with Gasteiger partial charge in [-0.25, -0.2) is 9.67 Å². The molecule has 0 saturated heterocycles. The Bertz CT molecular complexity index is 925. The van der Waals surface area contributed by atoms with Gasteiger partial charge in [0.15, 0.2) is 0 Å². The molecule has 0 aromatic carbocycles. The molecule has 3 rings (SSSR count). The fraction of sp³-hybridized carbons (Fsp3) is 0.583. The lowest BCUT2D eigenvalue weighted by Crippen LogP contribution is -2.30. The standard InChI is InChI=1S/C24H34N4O4/c1-5-6-14-31-15-8-11-21-23(26-27-28(21)3)20-12-13-22(17(2)25-20)32-19-10-7-9-18(16-19)24(29)30-4/h8,11-13,18-19H,5-7,9-10,14-16H2,1-4H3/t18-,19-/m0/s1. The average molecular weight is 443 g/mol. The topological polar surface area (TPSA) is 88.4 Å². The molecule has 2 aromatic rings. The number of carbonyl (C=O) groups is 1. The Morgan fingerprint density at radius 1 is 1.31 bits per heavy atom. The molecule has 8 heteroatoms. The van der Waals surface area contributed by atoms with Gasteiger partial charge in [0.05, 0.1) is 42.8 Å². The van der Waals surface area contributed by atoms with Crippen molar-refractivity contribution in [2.45, 2.75) is 58.5 Å². The van der Waals surface area contributed by atoms with Crippen LogP contribution >= 0.6 is 0 Å². The quantitative estimate of drug-likeness (QED) is 0.404. The first kappa shape index (κ1) is 23.9. The molecule has 0 N–H and O–H groups in total. The van der Waals surface area contributed by atoms with Gasteiger partial charge in [0.1, 0.15) is 11.4 Å². The van der Waals surface area contributed by atoms with Gasteiger partial charge < -0.3 is 14.2 Å². The van der Waals surface area contributed by atoms with E-state index in [-0.39, 0.29) is 18.0 Å². The molecule has 0 unspecified atom stereocenters. The van der Waals surface area contributed by atoms with Gasteiger partial charge in [-0.1, -0.05) is 24.6 Å². The number of carbonyl (C=O) groups excluding carboxylic acids is 1. The normalized spacial score (nSPS) is 18.8. The molecule has 174 valence electrons. The van der Waals surface area contributed by atoms with Crippen molar-refractivity contribution in [1.82, 2.24) is 20.0 Å². The van der Waals surface area contributed by atoms with Crippen LogP contribution in [0.5, 0.6) is 5.75 Å². The van der Waals surface area contributed by atoms with Crippen LogP contribution < -0.4 is 4.74 Å².